The summed E-state index contributed by atoms with van der Waals surface area (Å²) in [5.41, 5.74) is 2.82. The fourth-order valence-corrected chi connectivity index (χ4v) is 1.28. The second-order valence-electron chi connectivity index (χ2n) is 4.14. The summed E-state index contributed by atoms with van der Waals surface area (Å²) in [4.78, 5) is 16.1. The molecule has 0 aliphatic carbocycles. The van der Waals surface area contributed by atoms with Gasteiger partial charge in [0.05, 0.1) is 6.61 Å². The Labute approximate surface area is 105 Å². The van der Waals surface area contributed by atoms with Crippen LogP contribution >= 0.6 is 0 Å². The molecular weight excluding hydrogens is 214 g/mol. The van der Waals surface area contributed by atoms with Crippen LogP contribution in [0.3, 0.4) is 0 Å². The van der Waals surface area contributed by atoms with E-state index in [1.165, 1.54) is 19.3 Å². The summed E-state index contributed by atoms with van der Waals surface area (Å²) in [6, 6.07) is 0. The van der Waals surface area contributed by atoms with Crippen LogP contribution in [0.5, 0.6) is 0 Å². The highest BCUT2D eigenvalue weighted by atomic mass is 16.6. The van der Waals surface area contributed by atoms with E-state index in [2.05, 4.69) is 31.1 Å². The molecule has 0 spiro atoms. The van der Waals surface area contributed by atoms with E-state index in [0.717, 1.165) is 19.3 Å². The highest BCUT2D eigenvalue weighted by molar-refractivity contribution is 5.91. The Morgan fingerprint density at radius 2 is 1.94 bits per heavy atom. The van der Waals surface area contributed by atoms with Gasteiger partial charge in [0.15, 0.2) is 0 Å². The predicted octanol–water partition coefficient (Wildman–Crippen LogP) is 3.53. The molecule has 0 radical (unpaired) electrons. The lowest BCUT2D eigenvalue weighted by Gasteiger charge is -2.04. The van der Waals surface area contributed by atoms with E-state index < -0.39 is 0 Å². The predicted molar refractivity (Wildman–Crippen MR) is 71.4 cm³/mol. The zero-order valence-electron chi connectivity index (χ0n) is 11.1. The Kier molecular flexibility index (Phi) is 10.7. The maximum atomic E-state index is 11.0. The van der Waals surface area contributed by atoms with Crippen molar-refractivity contribution in [2.75, 3.05) is 6.61 Å². The van der Waals surface area contributed by atoms with E-state index in [4.69, 9.17) is 4.84 Å². The fraction of sp³-hybridized carbons (Fsp3) is 0.643. The smallest absolute Gasteiger partial charge is 0.269 e. The topological polar surface area (TPSA) is 38.3 Å². The molecule has 0 aromatic carbocycles. The van der Waals surface area contributed by atoms with Crippen molar-refractivity contribution >= 4 is 5.91 Å². The minimum absolute atomic E-state index is 0.241. The van der Waals surface area contributed by atoms with Gasteiger partial charge in [0.25, 0.3) is 5.91 Å². The van der Waals surface area contributed by atoms with Crippen molar-refractivity contribution < 1.29 is 9.63 Å². The van der Waals surface area contributed by atoms with Crippen LogP contribution in [0.1, 0.15) is 52.4 Å². The highest BCUT2D eigenvalue weighted by Gasteiger charge is 1.99. The summed E-state index contributed by atoms with van der Waals surface area (Å²) in [6.45, 7) is 7.89. The Balaban J connectivity index is 3.16. The van der Waals surface area contributed by atoms with Crippen molar-refractivity contribution in [3.63, 3.8) is 0 Å². The Morgan fingerprint density at radius 1 is 1.24 bits per heavy atom. The van der Waals surface area contributed by atoms with Crippen molar-refractivity contribution in [3.8, 4) is 0 Å². The molecule has 0 aromatic heterocycles. The van der Waals surface area contributed by atoms with Crippen LogP contribution in [-0.2, 0) is 9.63 Å². The van der Waals surface area contributed by atoms with Crippen LogP contribution in [0.4, 0.5) is 0 Å². The fourth-order valence-electron chi connectivity index (χ4n) is 1.28. The molecule has 0 saturated heterocycles. The maximum Gasteiger partial charge on any atom is 0.269 e. The first-order valence-corrected chi connectivity index (χ1v) is 6.41. The molecule has 0 aliphatic rings. The van der Waals surface area contributed by atoms with Crippen LogP contribution in [-0.4, -0.2) is 12.5 Å². The number of amides is 1. The zero-order valence-corrected chi connectivity index (χ0v) is 11.1. The molecule has 0 aromatic rings. The quantitative estimate of drug-likeness (QED) is 0.274. The molecule has 3 nitrogen and oxygen atoms in total. The lowest BCUT2D eigenvalue weighted by Crippen LogP contribution is -2.24. The molecule has 0 aliphatic heterocycles. The molecule has 0 atom stereocenters. The molecule has 98 valence electrons. The summed E-state index contributed by atoms with van der Waals surface area (Å²) in [5, 5.41) is 0. The van der Waals surface area contributed by atoms with Crippen LogP contribution in [0.25, 0.3) is 0 Å². The summed E-state index contributed by atoms with van der Waals surface area (Å²) in [7, 11) is 0. The maximum absolute atomic E-state index is 11.0. The van der Waals surface area contributed by atoms with Gasteiger partial charge in [0, 0.05) is 5.57 Å². The lowest BCUT2D eigenvalue weighted by molar-refractivity contribution is -0.129. The molecule has 0 saturated carbocycles. The number of unbranched alkanes of at least 4 members (excludes halogenated alkanes) is 4. The van der Waals surface area contributed by atoms with Crippen molar-refractivity contribution in [3.05, 3.63) is 24.3 Å². The third kappa shape index (κ3) is 11.2. The molecule has 0 fully saturated rings. The number of hydrogen-bond acceptors (Lipinski definition) is 2. The van der Waals surface area contributed by atoms with Crippen LogP contribution in [0.2, 0.25) is 0 Å². The third-order valence-electron chi connectivity index (χ3n) is 2.32. The summed E-state index contributed by atoms with van der Waals surface area (Å²) in [5.74, 6) is -0.241. The van der Waals surface area contributed by atoms with E-state index >= 15 is 0 Å². The number of allylic oxidation sites excluding steroid dienone is 2. The second-order valence-corrected chi connectivity index (χ2v) is 4.14. The molecule has 0 heterocycles. The number of carbonyl (C=O) groups is 1. The van der Waals surface area contributed by atoms with Gasteiger partial charge < -0.3 is 0 Å². The Bertz CT molecular complexity index is 247. The number of rotatable bonds is 10. The molecule has 17 heavy (non-hydrogen) atoms. The molecule has 1 N–H and O–H groups in total. The molecule has 1 amide bonds. The number of carbonyl (C=O) groups excluding carboxylic acids is 1. The van der Waals surface area contributed by atoms with Gasteiger partial charge in [0.1, 0.15) is 0 Å². The molecule has 3 heteroatoms. The van der Waals surface area contributed by atoms with Gasteiger partial charge >= 0.3 is 0 Å². The average Bonchev–Trinajstić information content (AvgIpc) is 2.31. The van der Waals surface area contributed by atoms with Crippen molar-refractivity contribution in [1.82, 2.24) is 5.48 Å². The van der Waals surface area contributed by atoms with Crippen LogP contribution < -0.4 is 5.48 Å². The van der Waals surface area contributed by atoms with E-state index in [0.29, 0.717) is 12.2 Å². The van der Waals surface area contributed by atoms with Gasteiger partial charge in [-0.05, 0) is 32.6 Å². The lowest BCUT2D eigenvalue weighted by atomic mass is 10.1. The summed E-state index contributed by atoms with van der Waals surface area (Å²) >= 11 is 0. The molecule has 0 unspecified atom stereocenters. The van der Waals surface area contributed by atoms with Crippen LogP contribution in [0.15, 0.2) is 24.3 Å². The number of nitrogens with one attached hydrogen (secondary N) is 1. The van der Waals surface area contributed by atoms with Gasteiger partial charge in [-0.1, -0.05) is 38.5 Å². The van der Waals surface area contributed by atoms with Gasteiger partial charge in [-0.25, -0.2) is 5.48 Å². The minimum atomic E-state index is -0.241. The first kappa shape index (κ1) is 15.9. The summed E-state index contributed by atoms with van der Waals surface area (Å²) in [6.07, 6.45) is 11.3. The van der Waals surface area contributed by atoms with Gasteiger partial charge in [0.2, 0.25) is 0 Å². The second kappa shape index (κ2) is 11.4. The number of hydrogen-bond donors (Lipinski definition) is 1. The monoisotopic (exact) mass is 239 g/mol. The highest BCUT2D eigenvalue weighted by Crippen LogP contribution is 2.04. The van der Waals surface area contributed by atoms with Gasteiger partial charge in [-0.15, -0.1) is 0 Å². The first-order chi connectivity index (χ1) is 8.18. The Morgan fingerprint density at radius 3 is 2.59 bits per heavy atom. The normalized spacial score (nSPS) is 10.7. The SMILES string of the molecule is C=C(C)C(=O)NOCCCCCC/C=C/CC. The molecule has 0 bridgehead atoms. The van der Waals surface area contributed by atoms with E-state index in [1.807, 2.05) is 0 Å². The first-order valence-electron chi connectivity index (χ1n) is 6.41. The zero-order chi connectivity index (χ0) is 12.9. The van der Waals surface area contributed by atoms with Crippen molar-refractivity contribution in [2.45, 2.75) is 52.4 Å². The van der Waals surface area contributed by atoms with Crippen molar-refractivity contribution in [1.29, 1.82) is 0 Å². The standard InChI is InChI=1S/C14H25NO2/c1-4-5-6-7-8-9-10-11-12-17-15-14(16)13(2)3/h5-6H,2,4,7-12H2,1,3H3,(H,15,16)/b6-5+. The third-order valence-corrected chi connectivity index (χ3v) is 2.32. The van der Waals surface area contributed by atoms with Crippen LogP contribution in [0, 0.1) is 0 Å². The van der Waals surface area contributed by atoms with Gasteiger partial charge in [-0.2, -0.15) is 0 Å². The molecular formula is C14H25NO2. The minimum Gasteiger partial charge on any atom is -0.273 e. The Hall–Kier alpha value is -1.09. The van der Waals surface area contributed by atoms with E-state index in [-0.39, 0.29) is 5.91 Å². The molecule has 0 rings (SSSR count). The largest absolute Gasteiger partial charge is 0.273 e. The summed E-state index contributed by atoms with van der Waals surface area (Å²) < 4.78 is 0. The average molecular weight is 239 g/mol. The van der Waals surface area contributed by atoms with E-state index in [1.54, 1.807) is 6.92 Å². The van der Waals surface area contributed by atoms with E-state index in [9.17, 15) is 4.79 Å². The van der Waals surface area contributed by atoms with Gasteiger partial charge in [-0.3, -0.25) is 9.63 Å². The van der Waals surface area contributed by atoms with Crippen molar-refractivity contribution in [2.24, 2.45) is 0 Å². The number of hydroxylamine groups is 1.